The van der Waals surface area contributed by atoms with Crippen LogP contribution in [0.5, 0.6) is 0 Å². The monoisotopic (exact) mass is 187 g/mol. The molecule has 74 valence electrons. The zero-order valence-electron chi connectivity index (χ0n) is 6.92. The molecule has 0 spiro atoms. The van der Waals surface area contributed by atoms with Gasteiger partial charge in [0.1, 0.15) is 0 Å². The van der Waals surface area contributed by atoms with E-state index in [0.29, 0.717) is 6.54 Å². The van der Waals surface area contributed by atoms with E-state index in [0.717, 1.165) is 12.8 Å². The van der Waals surface area contributed by atoms with E-state index in [1.807, 2.05) is 6.92 Å². The molecule has 5 heteroatoms. The van der Waals surface area contributed by atoms with Gasteiger partial charge in [0.2, 0.25) is 0 Å². The van der Waals surface area contributed by atoms with Crippen molar-refractivity contribution in [2.75, 3.05) is 13.1 Å². The van der Waals surface area contributed by atoms with Gasteiger partial charge in [-0.25, -0.2) is 8.78 Å². The number of unbranched alkanes of at least 4 members (excludes halogenated alkanes) is 1. The lowest BCUT2D eigenvalue weighted by atomic mass is 10.3. The number of halogens is 4. The first-order chi connectivity index (χ1) is 5.50. The van der Waals surface area contributed by atoms with Gasteiger partial charge in [-0.1, -0.05) is 13.3 Å². The topological polar surface area (TPSA) is 12.0 Å². The van der Waals surface area contributed by atoms with E-state index in [4.69, 9.17) is 0 Å². The van der Waals surface area contributed by atoms with Crippen molar-refractivity contribution in [3.05, 3.63) is 0 Å². The van der Waals surface area contributed by atoms with Gasteiger partial charge in [-0.05, 0) is 13.0 Å². The molecule has 0 heterocycles. The maximum atomic E-state index is 12.2. The summed E-state index contributed by atoms with van der Waals surface area (Å²) in [6, 6.07) is 0. The molecule has 0 saturated carbocycles. The molecule has 0 atom stereocenters. The molecule has 0 unspecified atom stereocenters. The molecular formula is C7H13F4N. The highest BCUT2D eigenvalue weighted by Gasteiger charge is 2.39. The predicted molar refractivity (Wildman–Crippen MR) is 38.7 cm³/mol. The molecular weight excluding hydrogens is 174 g/mol. The first-order valence-corrected chi connectivity index (χ1v) is 3.87. The van der Waals surface area contributed by atoms with Gasteiger partial charge in [0.05, 0.1) is 6.54 Å². The molecule has 0 amide bonds. The van der Waals surface area contributed by atoms with Gasteiger partial charge < -0.3 is 5.32 Å². The van der Waals surface area contributed by atoms with Gasteiger partial charge in [0, 0.05) is 0 Å². The third-order valence-corrected chi connectivity index (χ3v) is 1.39. The third kappa shape index (κ3) is 4.54. The van der Waals surface area contributed by atoms with Crippen LogP contribution in [0.15, 0.2) is 0 Å². The lowest BCUT2D eigenvalue weighted by Gasteiger charge is -2.15. The second-order valence-electron chi connectivity index (χ2n) is 2.59. The molecule has 0 aliphatic carbocycles. The Morgan fingerprint density at radius 3 is 2.33 bits per heavy atom. The molecule has 0 aliphatic heterocycles. The van der Waals surface area contributed by atoms with Crippen molar-refractivity contribution < 1.29 is 17.6 Å². The van der Waals surface area contributed by atoms with Gasteiger partial charge in [-0.3, -0.25) is 0 Å². The Hall–Kier alpha value is -0.320. The van der Waals surface area contributed by atoms with E-state index in [2.05, 4.69) is 5.32 Å². The molecule has 0 fully saturated rings. The van der Waals surface area contributed by atoms with Gasteiger partial charge in [-0.2, -0.15) is 8.78 Å². The Balaban J connectivity index is 3.47. The van der Waals surface area contributed by atoms with Crippen LogP contribution >= 0.6 is 0 Å². The quantitative estimate of drug-likeness (QED) is 0.497. The van der Waals surface area contributed by atoms with Crippen LogP contribution in [-0.2, 0) is 0 Å². The van der Waals surface area contributed by atoms with Crippen molar-refractivity contribution in [3.8, 4) is 0 Å². The highest BCUT2D eigenvalue weighted by molar-refractivity contribution is 4.71. The van der Waals surface area contributed by atoms with Crippen LogP contribution < -0.4 is 5.32 Å². The van der Waals surface area contributed by atoms with Crippen LogP contribution in [0.1, 0.15) is 19.8 Å². The molecule has 1 N–H and O–H groups in total. The Morgan fingerprint density at radius 2 is 1.92 bits per heavy atom. The van der Waals surface area contributed by atoms with E-state index in [1.54, 1.807) is 0 Å². The number of hydrogen-bond acceptors (Lipinski definition) is 1. The zero-order chi connectivity index (χ0) is 9.61. The van der Waals surface area contributed by atoms with Crippen LogP contribution in [0.25, 0.3) is 0 Å². The van der Waals surface area contributed by atoms with E-state index >= 15 is 0 Å². The molecule has 0 bridgehead atoms. The number of rotatable bonds is 6. The van der Waals surface area contributed by atoms with Crippen LogP contribution in [0, 0.1) is 0 Å². The fraction of sp³-hybridized carbons (Fsp3) is 1.00. The molecule has 0 aromatic rings. The van der Waals surface area contributed by atoms with Gasteiger partial charge in [0.25, 0.3) is 0 Å². The average Bonchev–Trinajstić information content (AvgIpc) is 1.98. The summed E-state index contributed by atoms with van der Waals surface area (Å²) in [5.74, 6) is -3.90. The molecule has 0 aliphatic rings. The van der Waals surface area contributed by atoms with Gasteiger partial charge >= 0.3 is 12.3 Å². The normalized spacial score (nSPS) is 12.5. The highest BCUT2D eigenvalue weighted by atomic mass is 19.3. The summed E-state index contributed by atoms with van der Waals surface area (Å²) in [7, 11) is 0. The summed E-state index contributed by atoms with van der Waals surface area (Å²) in [5, 5.41) is 2.28. The molecule has 0 aromatic heterocycles. The number of alkyl halides is 4. The molecule has 0 saturated heterocycles. The fourth-order valence-electron chi connectivity index (χ4n) is 0.634. The van der Waals surface area contributed by atoms with Gasteiger partial charge in [-0.15, -0.1) is 0 Å². The van der Waals surface area contributed by atoms with Crippen LogP contribution in [-0.4, -0.2) is 25.4 Å². The van der Waals surface area contributed by atoms with Crippen LogP contribution in [0.3, 0.4) is 0 Å². The maximum Gasteiger partial charge on any atom is 0.319 e. The molecule has 12 heavy (non-hydrogen) atoms. The summed E-state index contributed by atoms with van der Waals surface area (Å²) in [4.78, 5) is 0. The Morgan fingerprint density at radius 1 is 1.33 bits per heavy atom. The summed E-state index contributed by atoms with van der Waals surface area (Å²) in [5.41, 5.74) is 0. The van der Waals surface area contributed by atoms with Crippen molar-refractivity contribution >= 4 is 0 Å². The minimum absolute atomic E-state index is 0.360. The Kier molecular flexibility index (Phi) is 5.20. The first-order valence-electron chi connectivity index (χ1n) is 3.87. The average molecular weight is 187 g/mol. The van der Waals surface area contributed by atoms with Crippen molar-refractivity contribution in [2.24, 2.45) is 0 Å². The predicted octanol–water partition coefficient (Wildman–Crippen LogP) is 2.28. The maximum absolute atomic E-state index is 12.2. The second kappa shape index (κ2) is 5.35. The second-order valence-corrected chi connectivity index (χ2v) is 2.59. The number of nitrogens with one attached hydrogen (secondary N) is 1. The third-order valence-electron chi connectivity index (χ3n) is 1.39. The lowest BCUT2D eigenvalue weighted by Crippen LogP contribution is -2.39. The van der Waals surface area contributed by atoms with E-state index < -0.39 is 18.9 Å². The Labute approximate surface area is 69.1 Å². The molecule has 0 rings (SSSR count). The minimum atomic E-state index is -3.90. The number of hydrogen-bond donors (Lipinski definition) is 1. The lowest BCUT2D eigenvalue weighted by molar-refractivity contribution is -0.125. The Bertz CT molecular complexity index is 116. The van der Waals surface area contributed by atoms with Crippen molar-refractivity contribution in [2.45, 2.75) is 32.1 Å². The van der Waals surface area contributed by atoms with Crippen molar-refractivity contribution in [1.29, 1.82) is 0 Å². The summed E-state index contributed by atoms with van der Waals surface area (Å²) in [6.45, 7) is 1.32. The van der Waals surface area contributed by atoms with Gasteiger partial charge in [0.15, 0.2) is 0 Å². The van der Waals surface area contributed by atoms with E-state index in [-0.39, 0.29) is 0 Å². The zero-order valence-corrected chi connectivity index (χ0v) is 6.92. The smallest absolute Gasteiger partial charge is 0.311 e. The van der Waals surface area contributed by atoms with E-state index in [9.17, 15) is 17.6 Å². The summed E-state index contributed by atoms with van der Waals surface area (Å²) < 4.78 is 47.4. The van der Waals surface area contributed by atoms with E-state index in [1.165, 1.54) is 0 Å². The standard InChI is InChI=1S/C7H13F4N/c1-2-3-4-12-5-7(10,11)6(8)9/h6,12H,2-5H2,1H3. The molecule has 0 radical (unpaired) electrons. The van der Waals surface area contributed by atoms with Crippen LogP contribution in [0.4, 0.5) is 17.6 Å². The summed E-state index contributed by atoms with van der Waals surface area (Å²) in [6.07, 6.45) is -2.00. The minimum Gasteiger partial charge on any atom is -0.311 e. The van der Waals surface area contributed by atoms with Crippen molar-refractivity contribution in [3.63, 3.8) is 0 Å². The SMILES string of the molecule is CCCCNCC(F)(F)C(F)F. The summed E-state index contributed by atoms with van der Waals surface area (Å²) >= 11 is 0. The molecule has 0 aromatic carbocycles. The largest absolute Gasteiger partial charge is 0.319 e. The van der Waals surface area contributed by atoms with Crippen molar-refractivity contribution in [1.82, 2.24) is 5.32 Å². The van der Waals surface area contributed by atoms with Crippen LogP contribution in [0.2, 0.25) is 0 Å². The first kappa shape index (κ1) is 11.7. The highest BCUT2D eigenvalue weighted by Crippen LogP contribution is 2.21. The fourth-order valence-corrected chi connectivity index (χ4v) is 0.634. The molecule has 1 nitrogen and oxygen atoms in total.